The van der Waals surface area contributed by atoms with E-state index in [1.807, 2.05) is 30.3 Å². The van der Waals surface area contributed by atoms with Gasteiger partial charge in [-0.25, -0.2) is 0 Å². The van der Waals surface area contributed by atoms with Gasteiger partial charge in [-0.2, -0.15) is 5.10 Å². The van der Waals surface area contributed by atoms with Crippen molar-refractivity contribution < 1.29 is 14.4 Å². The van der Waals surface area contributed by atoms with Crippen LogP contribution in [0, 0.1) is 10.1 Å². The SMILES string of the molecule is COc1ccc([C@H]2NCCc3c2[nH]c2ccc(OCc4ccccc4)cc32)cc1Cn1cc([N+](=O)[O-])cn1. The number of aromatic nitrogens is 3. The fourth-order valence-corrected chi connectivity index (χ4v) is 5.13. The van der Waals surface area contributed by atoms with Gasteiger partial charge < -0.3 is 19.8 Å². The average molecular weight is 510 g/mol. The molecule has 192 valence electrons. The van der Waals surface area contributed by atoms with Crippen LogP contribution in [-0.4, -0.2) is 33.3 Å². The van der Waals surface area contributed by atoms with Crippen molar-refractivity contribution in [2.75, 3.05) is 13.7 Å². The number of nitro groups is 1. The minimum Gasteiger partial charge on any atom is -0.496 e. The summed E-state index contributed by atoms with van der Waals surface area (Å²) in [6, 6.07) is 22.4. The molecule has 0 aliphatic carbocycles. The Morgan fingerprint density at radius 3 is 2.79 bits per heavy atom. The lowest BCUT2D eigenvalue weighted by molar-refractivity contribution is -0.385. The topological polar surface area (TPSA) is 107 Å². The summed E-state index contributed by atoms with van der Waals surface area (Å²) in [5.74, 6) is 1.55. The van der Waals surface area contributed by atoms with Crippen molar-refractivity contribution in [2.24, 2.45) is 0 Å². The molecular formula is C29H27N5O4. The van der Waals surface area contributed by atoms with Gasteiger partial charge in [0, 0.05) is 28.7 Å². The van der Waals surface area contributed by atoms with Crippen LogP contribution in [0.2, 0.25) is 0 Å². The molecule has 0 saturated heterocycles. The number of hydrogen-bond donors (Lipinski definition) is 2. The lowest BCUT2D eigenvalue weighted by Crippen LogP contribution is -2.30. The summed E-state index contributed by atoms with van der Waals surface area (Å²) < 4.78 is 13.2. The van der Waals surface area contributed by atoms with Crippen LogP contribution in [0.3, 0.4) is 0 Å². The second-order valence-corrected chi connectivity index (χ2v) is 9.36. The van der Waals surface area contributed by atoms with Gasteiger partial charge in [0.1, 0.15) is 30.5 Å². The Bertz CT molecular complexity index is 1610. The van der Waals surface area contributed by atoms with E-state index >= 15 is 0 Å². The Morgan fingerprint density at radius 1 is 1.13 bits per heavy atom. The first kappa shape index (κ1) is 23.7. The lowest BCUT2D eigenvalue weighted by Gasteiger charge is -2.25. The number of nitrogens with zero attached hydrogens (tertiary/aromatic N) is 3. The molecule has 0 spiro atoms. The van der Waals surface area contributed by atoms with Crippen molar-refractivity contribution in [3.63, 3.8) is 0 Å². The number of aromatic amines is 1. The molecule has 0 saturated carbocycles. The fourth-order valence-electron chi connectivity index (χ4n) is 5.13. The highest BCUT2D eigenvalue weighted by Gasteiger charge is 2.26. The standard InChI is InChI=1S/C29H27N5O4/c1-37-27-10-7-20(13-21(27)16-33-17-22(15-31-33)34(35)36)28-29-24(11-12-30-28)25-14-23(8-9-26(25)32-29)38-18-19-5-3-2-4-6-19/h2-10,13-15,17,28,30,32H,11-12,16,18H2,1H3/t28-/m1/s1. The zero-order valence-corrected chi connectivity index (χ0v) is 20.9. The summed E-state index contributed by atoms with van der Waals surface area (Å²) in [6.07, 6.45) is 3.60. The number of methoxy groups -OCH3 is 1. The third-order valence-corrected chi connectivity index (χ3v) is 6.97. The minimum absolute atomic E-state index is 0.0311. The third-order valence-electron chi connectivity index (χ3n) is 6.97. The van der Waals surface area contributed by atoms with Crippen LogP contribution in [-0.2, 0) is 19.6 Å². The van der Waals surface area contributed by atoms with E-state index in [1.54, 1.807) is 11.8 Å². The largest absolute Gasteiger partial charge is 0.496 e. The van der Waals surface area contributed by atoms with Crippen molar-refractivity contribution in [2.45, 2.75) is 25.6 Å². The number of nitrogens with one attached hydrogen (secondary N) is 2. The van der Waals surface area contributed by atoms with Crippen LogP contribution in [0.25, 0.3) is 10.9 Å². The van der Waals surface area contributed by atoms with Gasteiger partial charge in [0.25, 0.3) is 0 Å². The zero-order chi connectivity index (χ0) is 26.1. The number of H-pyrrole nitrogens is 1. The molecule has 9 heteroatoms. The summed E-state index contributed by atoms with van der Waals surface area (Å²) in [4.78, 5) is 14.3. The molecule has 1 atom stereocenters. The highest BCUT2D eigenvalue weighted by Crippen LogP contribution is 2.36. The lowest BCUT2D eigenvalue weighted by atomic mass is 9.93. The average Bonchev–Trinajstić information content (AvgIpc) is 3.57. The summed E-state index contributed by atoms with van der Waals surface area (Å²) in [6.45, 7) is 1.73. The predicted molar refractivity (Wildman–Crippen MR) is 144 cm³/mol. The molecule has 38 heavy (non-hydrogen) atoms. The normalized spacial score (nSPS) is 14.8. The van der Waals surface area contributed by atoms with Gasteiger partial charge in [-0.1, -0.05) is 36.4 Å². The van der Waals surface area contributed by atoms with Gasteiger partial charge in [0.15, 0.2) is 0 Å². The second kappa shape index (κ2) is 10.0. The Labute approximate surface area is 219 Å². The summed E-state index contributed by atoms with van der Waals surface area (Å²) in [5.41, 5.74) is 6.57. The Balaban J connectivity index is 1.30. The predicted octanol–water partition coefficient (Wildman–Crippen LogP) is 5.14. The first-order valence-electron chi connectivity index (χ1n) is 12.5. The van der Waals surface area contributed by atoms with Crippen molar-refractivity contribution in [3.8, 4) is 11.5 Å². The quantitative estimate of drug-likeness (QED) is 0.221. The molecule has 2 aromatic heterocycles. The van der Waals surface area contributed by atoms with Crippen molar-refractivity contribution >= 4 is 16.6 Å². The first-order chi connectivity index (χ1) is 18.6. The molecule has 9 nitrogen and oxygen atoms in total. The molecule has 2 N–H and O–H groups in total. The highest BCUT2D eigenvalue weighted by molar-refractivity contribution is 5.86. The molecule has 1 aliphatic heterocycles. The van der Waals surface area contributed by atoms with E-state index in [1.165, 1.54) is 23.3 Å². The van der Waals surface area contributed by atoms with Crippen LogP contribution in [0.4, 0.5) is 5.69 Å². The number of ether oxygens (including phenoxy) is 2. The van der Waals surface area contributed by atoms with E-state index in [4.69, 9.17) is 9.47 Å². The van der Waals surface area contributed by atoms with Gasteiger partial charge >= 0.3 is 5.69 Å². The number of rotatable bonds is 8. The van der Waals surface area contributed by atoms with Crippen molar-refractivity contribution in [1.82, 2.24) is 20.1 Å². The second-order valence-electron chi connectivity index (χ2n) is 9.36. The van der Waals surface area contributed by atoms with Gasteiger partial charge in [0.05, 0.1) is 24.6 Å². The molecule has 0 unspecified atom stereocenters. The molecular weight excluding hydrogens is 482 g/mol. The minimum atomic E-state index is -0.446. The van der Waals surface area contributed by atoms with E-state index in [2.05, 4.69) is 51.8 Å². The molecule has 1 aliphatic rings. The third kappa shape index (κ3) is 4.59. The summed E-state index contributed by atoms with van der Waals surface area (Å²) in [5, 5.41) is 20.0. The Morgan fingerprint density at radius 2 is 2.00 bits per heavy atom. The molecule has 0 bridgehead atoms. The number of hydrogen-bond acceptors (Lipinski definition) is 6. The van der Waals surface area contributed by atoms with Crippen LogP contribution in [0.15, 0.2) is 79.1 Å². The van der Waals surface area contributed by atoms with Crippen LogP contribution < -0.4 is 14.8 Å². The maximum Gasteiger partial charge on any atom is 0.307 e. The van der Waals surface area contributed by atoms with E-state index in [9.17, 15) is 10.1 Å². The first-order valence-corrected chi connectivity index (χ1v) is 12.5. The molecule has 0 fully saturated rings. The zero-order valence-electron chi connectivity index (χ0n) is 20.9. The van der Waals surface area contributed by atoms with E-state index in [-0.39, 0.29) is 11.7 Å². The molecule has 5 aromatic rings. The highest BCUT2D eigenvalue weighted by atomic mass is 16.6. The van der Waals surface area contributed by atoms with E-state index < -0.39 is 4.92 Å². The molecule has 3 aromatic carbocycles. The summed E-state index contributed by atoms with van der Waals surface area (Å²) in [7, 11) is 1.62. The maximum atomic E-state index is 11.1. The smallest absolute Gasteiger partial charge is 0.307 e. The number of benzene rings is 3. The fraction of sp³-hybridized carbons (Fsp3) is 0.207. The Hall–Kier alpha value is -4.63. The van der Waals surface area contributed by atoms with E-state index in [0.717, 1.165) is 46.6 Å². The van der Waals surface area contributed by atoms with Crippen molar-refractivity contribution in [3.05, 3.63) is 117 Å². The van der Waals surface area contributed by atoms with Crippen LogP contribution in [0.5, 0.6) is 11.5 Å². The van der Waals surface area contributed by atoms with Crippen molar-refractivity contribution in [1.29, 1.82) is 0 Å². The van der Waals surface area contributed by atoms with E-state index in [0.29, 0.717) is 18.9 Å². The maximum absolute atomic E-state index is 11.1. The monoisotopic (exact) mass is 509 g/mol. The van der Waals surface area contributed by atoms with Crippen LogP contribution >= 0.6 is 0 Å². The molecule has 0 radical (unpaired) electrons. The van der Waals surface area contributed by atoms with Gasteiger partial charge in [-0.15, -0.1) is 0 Å². The summed E-state index contributed by atoms with van der Waals surface area (Å²) >= 11 is 0. The van der Waals surface area contributed by atoms with Gasteiger partial charge in [-0.3, -0.25) is 14.8 Å². The molecule has 6 rings (SSSR count). The number of fused-ring (bicyclic) bond motifs is 3. The molecule has 3 heterocycles. The van der Waals surface area contributed by atoms with Crippen LogP contribution in [0.1, 0.15) is 34.0 Å². The Kier molecular flexibility index (Phi) is 6.27. The van der Waals surface area contributed by atoms with Gasteiger partial charge in [0.2, 0.25) is 0 Å². The molecule has 0 amide bonds. The van der Waals surface area contributed by atoms with Gasteiger partial charge in [-0.05, 0) is 53.4 Å².